The molecule has 1 heteroatoms. The van der Waals surface area contributed by atoms with Crippen molar-refractivity contribution < 1.29 is 0 Å². The summed E-state index contributed by atoms with van der Waals surface area (Å²) in [6, 6.07) is 21.3. The Morgan fingerprint density at radius 3 is 1.24 bits per heavy atom. The van der Waals surface area contributed by atoms with E-state index in [4.69, 9.17) is 0 Å². The van der Waals surface area contributed by atoms with Gasteiger partial charge in [0.05, 0.1) is 0 Å². The van der Waals surface area contributed by atoms with Gasteiger partial charge in [0.1, 0.15) is 0 Å². The summed E-state index contributed by atoms with van der Waals surface area (Å²) in [5.74, 6) is 0. The molecule has 0 saturated carbocycles. The minimum Gasteiger partial charge on any atom is -0.333 e. The molecule has 0 spiro atoms. The molecule has 2 aromatic rings. The van der Waals surface area contributed by atoms with Gasteiger partial charge in [-0.15, -0.1) is 0 Å². The van der Waals surface area contributed by atoms with Gasteiger partial charge in [0.2, 0.25) is 0 Å². The molecule has 2 aromatic carbocycles. The fourth-order valence-corrected chi connectivity index (χ4v) is 1.88. The van der Waals surface area contributed by atoms with E-state index in [0.717, 1.165) is 0 Å². The van der Waals surface area contributed by atoms with Gasteiger partial charge in [-0.3, -0.25) is 0 Å². The Kier molecular flexibility index (Phi) is 4.92. The van der Waals surface area contributed by atoms with Crippen molar-refractivity contribution in [2.24, 2.45) is 5.73 Å². The third kappa shape index (κ3) is 3.18. The first kappa shape index (κ1) is 13.5. The van der Waals surface area contributed by atoms with Gasteiger partial charge >= 0.3 is 0 Å². The van der Waals surface area contributed by atoms with Crippen LogP contribution in [-0.4, -0.2) is 7.05 Å². The van der Waals surface area contributed by atoms with Crippen molar-refractivity contribution in [2.75, 3.05) is 7.05 Å². The predicted octanol–water partition coefficient (Wildman–Crippen LogP) is 3.59. The fourth-order valence-electron chi connectivity index (χ4n) is 1.88. The van der Waals surface area contributed by atoms with Crippen molar-refractivity contribution in [1.29, 1.82) is 0 Å². The standard InChI is InChI=1S/C15H16.CH5N/c1-15(2,13-9-5-3-6-10-13)14-11-7-4-8-12-14;1-2/h3-12H,1-2H3;2H2,1H3. The average molecular weight is 227 g/mol. The quantitative estimate of drug-likeness (QED) is 0.833. The highest BCUT2D eigenvalue weighted by molar-refractivity contribution is 5.36. The summed E-state index contributed by atoms with van der Waals surface area (Å²) in [5, 5.41) is 0. The molecule has 0 aliphatic heterocycles. The maximum atomic E-state index is 4.50. The smallest absolute Gasteiger partial charge is 0.0146 e. The molecule has 0 aliphatic rings. The second kappa shape index (κ2) is 6.21. The lowest BCUT2D eigenvalue weighted by Gasteiger charge is -2.25. The maximum Gasteiger partial charge on any atom is 0.0146 e. The molecule has 0 fully saturated rings. The second-order valence-electron chi connectivity index (χ2n) is 4.36. The lowest BCUT2D eigenvalue weighted by molar-refractivity contribution is 0.641. The average Bonchev–Trinajstić information content (AvgIpc) is 2.43. The summed E-state index contributed by atoms with van der Waals surface area (Å²) in [4.78, 5) is 0. The molecule has 0 radical (unpaired) electrons. The first-order valence-corrected chi connectivity index (χ1v) is 5.90. The third-order valence-corrected chi connectivity index (χ3v) is 2.99. The topological polar surface area (TPSA) is 26.0 Å². The van der Waals surface area contributed by atoms with Gasteiger partial charge < -0.3 is 5.73 Å². The van der Waals surface area contributed by atoms with Crippen LogP contribution >= 0.6 is 0 Å². The maximum absolute atomic E-state index is 4.50. The van der Waals surface area contributed by atoms with Crippen LogP contribution in [0.2, 0.25) is 0 Å². The van der Waals surface area contributed by atoms with Crippen LogP contribution in [0.5, 0.6) is 0 Å². The minimum absolute atomic E-state index is 0.0858. The van der Waals surface area contributed by atoms with Crippen molar-refractivity contribution in [3.8, 4) is 0 Å². The Bertz CT molecular complexity index is 376. The molecule has 2 rings (SSSR count). The Morgan fingerprint density at radius 2 is 0.941 bits per heavy atom. The van der Waals surface area contributed by atoms with Gasteiger partial charge in [0, 0.05) is 5.41 Å². The van der Waals surface area contributed by atoms with E-state index in [2.05, 4.69) is 80.2 Å². The molecule has 0 bridgehead atoms. The van der Waals surface area contributed by atoms with Gasteiger partial charge in [-0.1, -0.05) is 74.5 Å². The van der Waals surface area contributed by atoms with E-state index in [1.807, 2.05) is 0 Å². The molecule has 0 unspecified atom stereocenters. The van der Waals surface area contributed by atoms with E-state index in [1.54, 1.807) is 0 Å². The second-order valence-corrected chi connectivity index (χ2v) is 4.36. The first-order chi connectivity index (χ1) is 8.21. The van der Waals surface area contributed by atoms with Gasteiger partial charge in [-0.2, -0.15) is 0 Å². The van der Waals surface area contributed by atoms with Gasteiger partial charge in [0.25, 0.3) is 0 Å². The summed E-state index contributed by atoms with van der Waals surface area (Å²) in [7, 11) is 1.50. The van der Waals surface area contributed by atoms with Crippen LogP contribution in [0.1, 0.15) is 25.0 Å². The largest absolute Gasteiger partial charge is 0.333 e. The number of hydrogen-bond donors (Lipinski definition) is 1. The van der Waals surface area contributed by atoms with Crippen LogP contribution in [0.25, 0.3) is 0 Å². The van der Waals surface area contributed by atoms with Gasteiger partial charge in [-0.25, -0.2) is 0 Å². The molecule has 0 atom stereocenters. The lowest BCUT2D eigenvalue weighted by Crippen LogP contribution is -2.18. The van der Waals surface area contributed by atoms with E-state index in [0.29, 0.717) is 0 Å². The van der Waals surface area contributed by atoms with E-state index < -0.39 is 0 Å². The molecule has 2 N–H and O–H groups in total. The summed E-state index contributed by atoms with van der Waals surface area (Å²) in [5.41, 5.74) is 7.30. The Hall–Kier alpha value is -1.60. The molecule has 0 saturated heterocycles. The van der Waals surface area contributed by atoms with Crippen molar-refractivity contribution in [3.63, 3.8) is 0 Å². The fraction of sp³-hybridized carbons (Fsp3) is 0.250. The predicted molar refractivity (Wildman–Crippen MR) is 75.1 cm³/mol. The zero-order valence-electron chi connectivity index (χ0n) is 10.9. The van der Waals surface area contributed by atoms with Crippen LogP contribution < -0.4 is 5.73 Å². The number of hydrogen-bond acceptors (Lipinski definition) is 1. The van der Waals surface area contributed by atoms with Crippen molar-refractivity contribution >= 4 is 0 Å². The molecule has 90 valence electrons. The molecule has 17 heavy (non-hydrogen) atoms. The Morgan fingerprint density at radius 1 is 0.647 bits per heavy atom. The van der Waals surface area contributed by atoms with Crippen LogP contribution in [0, 0.1) is 0 Å². The Labute approximate surface area is 104 Å². The van der Waals surface area contributed by atoms with Crippen molar-refractivity contribution in [3.05, 3.63) is 71.8 Å². The molecular weight excluding hydrogens is 206 g/mol. The van der Waals surface area contributed by atoms with E-state index in [-0.39, 0.29) is 5.41 Å². The highest BCUT2D eigenvalue weighted by Crippen LogP contribution is 2.30. The van der Waals surface area contributed by atoms with Crippen LogP contribution in [0.4, 0.5) is 0 Å². The summed E-state index contributed by atoms with van der Waals surface area (Å²) in [6.45, 7) is 4.52. The minimum atomic E-state index is 0.0858. The van der Waals surface area contributed by atoms with Crippen LogP contribution in [0.3, 0.4) is 0 Å². The molecule has 0 aromatic heterocycles. The monoisotopic (exact) mass is 227 g/mol. The highest BCUT2D eigenvalue weighted by Gasteiger charge is 2.21. The van der Waals surface area contributed by atoms with E-state index in [1.165, 1.54) is 18.2 Å². The Balaban J connectivity index is 0.000000686. The normalized spacial score (nSPS) is 10.4. The SMILES string of the molecule is CC(C)(c1ccccc1)c1ccccc1.CN. The molecule has 0 heterocycles. The number of nitrogens with two attached hydrogens (primary N) is 1. The third-order valence-electron chi connectivity index (χ3n) is 2.99. The van der Waals surface area contributed by atoms with Gasteiger partial charge in [0.15, 0.2) is 0 Å². The lowest BCUT2D eigenvalue weighted by atomic mass is 9.78. The summed E-state index contributed by atoms with van der Waals surface area (Å²) in [6.07, 6.45) is 0. The van der Waals surface area contributed by atoms with Crippen molar-refractivity contribution in [1.82, 2.24) is 0 Å². The van der Waals surface area contributed by atoms with Crippen LogP contribution in [0.15, 0.2) is 60.7 Å². The molecule has 0 amide bonds. The zero-order valence-corrected chi connectivity index (χ0v) is 10.9. The molecule has 1 nitrogen and oxygen atoms in total. The van der Waals surface area contributed by atoms with E-state index in [9.17, 15) is 0 Å². The van der Waals surface area contributed by atoms with Crippen molar-refractivity contribution in [2.45, 2.75) is 19.3 Å². The van der Waals surface area contributed by atoms with Crippen LogP contribution in [-0.2, 0) is 5.41 Å². The number of rotatable bonds is 2. The number of benzene rings is 2. The molecular formula is C16H21N. The first-order valence-electron chi connectivity index (χ1n) is 5.90. The van der Waals surface area contributed by atoms with Gasteiger partial charge in [-0.05, 0) is 18.2 Å². The summed E-state index contributed by atoms with van der Waals surface area (Å²) < 4.78 is 0. The summed E-state index contributed by atoms with van der Waals surface area (Å²) >= 11 is 0. The molecule has 0 aliphatic carbocycles. The highest BCUT2D eigenvalue weighted by atomic mass is 14.4. The zero-order chi connectivity index (χ0) is 12.7. The van der Waals surface area contributed by atoms with E-state index >= 15 is 0 Å².